The third-order valence-electron chi connectivity index (χ3n) is 2.76. The van der Waals surface area contributed by atoms with E-state index >= 15 is 0 Å². The summed E-state index contributed by atoms with van der Waals surface area (Å²) in [7, 11) is 2.94. The zero-order chi connectivity index (χ0) is 13.8. The van der Waals surface area contributed by atoms with E-state index in [1.807, 2.05) is 0 Å². The van der Waals surface area contributed by atoms with E-state index in [0.717, 1.165) is 27.9 Å². The van der Waals surface area contributed by atoms with Crippen molar-refractivity contribution in [3.8, 4) is 0 Å². The van der Waals surface area contributed by atoms with Gasteiger partial charge in [0, 0.05) is 39.5 Å². The maximum atomic E-state index is 11.8. The number of nitrogens with zero attached hydrogens (tertiary/aromatic N) is 4. The van der Waals surface area contributed by atoms with Gasteiger partial charge in [0.15, 0.2) is 0 Å². The largest absolute Gasteiger partial charge is 0.364 e. The molecular formula is C11H16N6O2. The van der Waals surface area contributed by atoms with E-state index in [1.165, 1.54) is 14.1 Å². The van der Waals surface area contributed by atoms with E-state index in [9.17, 15) is 9.59 Å². The monoisotopic (exact) mass is 264 g/mol. The van der Waals surface area contributed by atoms with Crippen LogP contribution in [0.4, 0.5) is 5.82 Å². The van der Waals surface area contributed by atoms with Crippen LogP contribution in [0.15, 0.2) is 22.0 Å². The molecule has 0 aliphatic heterocycles. The Balaban J connectivity index is 1.97. The first-order valence-electron chi connectivity index (χ1n) is 5.96. The van der Waals surface area contributed by atoms with Crippen LogP contribution >= 0.6 is 0 Å². The Morgan fingerprint density at radius 1 is 1.37 bits per heavy atom. The summed E-state index contributed by atoms with van der Waals surface area (Å²) in [6.07, 6.45) is 5.06. The average Bonchev–Trinajstić information content (AvgIpc) is 2.91. The summed E-state index contributed by atoms with van der Waals surface area (Å²) >= 11 is 0. The van der Waals surface area contributed by atoms with E-state index in [2.05, 4.69) is 20.4 Å². The lowest BCUT2D eigenvalue weighted by Gasteiger charge is -2.07. The normalized spacial score (nSPS) is 10.6. The fraction of sp³-hybridized carbons (Fsp3) is 0.455. The summed E-state index contributed by atoms with van der Waals surface area (Å²) in [6.45, 7) is 0.584. The van der Waals surface area contributed by atoms with Gasteiger partial charge in [-0.2, -0.15) is 0 Å². The topological polar surface area (TPSA) is 97.6 Å². The van der Waals surface area contributed by atoms with Gasteiger partial charge >= 0.3 is 5.69 Å². The summed E-state index contributed by atoms with van der Waals surface area (Å²) in [6, 6.07) is 0. The summed E-state index contributed by atoms with van der Waals surface area (Å²) < 4.78 is 2.16. The van der Waals surface area contributed by atoms with E-state index in [-0.39, 0.29) is 5.82 Å². The molecule has 102 valence electrons. The predicted octanol–water partition coefficient (Wildman–Crippen LogP) is -0.753. The van der Waals surface area contributed by atoms with Crippen LogP contribution in [-0.2, 0) is 20.5 Å². The highest BCUT2D eigenvalue weighted by Gasteiger charge is 2.07. The second kappa shape index (κ2) is 5.51. The van der Waals surface area contributed by atoms with Crippen molar-refractivity contribution >= 4 is 5.82 Å². The first-order valence-corrected chi connectivity index (χ1v) is 5.96. The molecule has 2 heterocycles. The molecule has 2 rings (SSSR count). The Morgan fingerprint density at radius 3 is 2.84 bits per heavy atom. The fourth-order valence-electron chi connectivity index (χ4n) is 1.71. The molecule has 0 aliphatic rings. The number of H-pyrrole nitrogens is 1. The lowest BCUT2D eigenvalue weighted by Crippen LogP contribution is -2.40. The van der Waals surface area contributed by atoms with Crippen LogP contribution in [0.2, 0.25) is 0 Å². The third-order valence-corrected chi connectivity index (χ3v) is 2.76. The number of aromatic amines is 1. The molecule has 2 N–H and O–H groups in total. The van der Waals surface area contributed by atoms with Crippen molar-refractivity contribution in [2.45, 2.75) is 12.8 Å². The fourth-order valence-corrected chi connectivity index (χ4v) is 1.71. The maximum absolute atomic E-state index is 11.8. The van der Waals surface area contributed by atoms with Gasteiger partial charge < -0.3 is 10.3 Å². The van der Waals surface area contributed by atoms with E-state index in [0.29, 0.717) is 6.54 Å². The van der Waals surface area contributed by atoms with Crippen LogP contribution in [0.1, 0.15) is 12.2 Å². The summed E-state index contributed by atoms with van der Waals surface area (Å²) in [5.41, 5.74) is -0.854. The standard InChI is InChI=1S/C11H16N6O2/c1-16-10(18)9(15-17(2)11(16)19)14-5-3-4-8-12-6-7-13-8/h6-7H,3-5H2,1-2H3,(H,12,13)(H,14,15). The van der Waals surface area contributed by atoms with Crippen LogP contribution in [0.5, 0.6) is 0 Å². The second-order valence-electron chi connectivity index (χ2n) is 4.19. The molecule has 0 saturated heterocycles. The van der Waals surface area contributed by atoms with Crippen LogP contribution in [0, 0.1) is 0 Å². The van der Waals surface area contributed by atoms with Gasteiger partial charge in [-0.25, -0.2) is 14.5 Å². The van der Waals surface area contributed by atoms with Crippen molar-refractivity contribution in [3.05, 3.63) is 39.1 Å². The average molecular weight is 264 g/mol. The Labute approximate surface area is 109 Å². The highest BCUT2D eigenvalue weighted by molar-refractivity contribution is 5.29. The number of nitrogens with one attached hydrogen (secondary N) is 2. The minimum absolute atomic E-state index is 0.184. The predicted molar refractivity (Wildman–Crippen MR) is 70.1 cm³/mol. The van der Waals surface area contributed by atoms with Crippen LogP contribution in [0.3, 0.4) is 0 Å². The lowest BCUT2D eigenvalue weighted by molar-refractivity contribution is 0.603. The van der Waals surface area contributed by atoms with Gasteiger partial charge in [0.1, 0.15) is 5.82 Å². The first kappa shape index (κ1) is 13.1. The Bertz CT molecular complexity index is 655. The molecule has 0 amide bonds. The summed E-state index contributed by atoms with van der Waals surface area (Å²) in [5, 5.41) is 6.84. The number of aryl methyl sites for hydroxylation is 2. The molecule has 19 heavy (non-hydrogen) atoms. The lowest BCUT2D eigenvalue weighted by atomic mass is 10.3. The van der Waals surface area contributed by atoms with Crippen LogP contribution < -0.4 is 16.6 Å². The molecule has 0 atom stereocenters. The Morgan fingerprint density at radius 2 is 2.16 bits per heavy atom. The van der Waals surface area contributed by atoms with Gasteiger partial charge in [-0.15, -0.1) is 5.10 Å². The molecule has 8 heteroatoms. The first-order chi connectivity index (χ1) is 9.09. The molecule has 2 aromatic rings. The van der Waals surface area contributed by atoms with Gasteiger partial charge in [-0.1, -0.05) is 0 Å². The number of hydrogen-bond donors (Lipinski definition) is 2. The molecule has 0 saturated carbocycles. The summed E-state index contributed by atoms with van der Waals surface area (Å²) in [5.74, 6) is 1.09. The van der Waals surface area contributed by atoms with Gasteiger partial charge in [0.25, 0.3) is 5.56 Å². The second-order valence-corrected chi connectivity index (χ2v) is 4.19. The van der Waals surface area contributed by atoms with Crippen molar-refractivity contribution in [2.24, 2.45) is 14.1 Å². The number of aromatic nitrogens is 5. The van der Waals surface area contributed by atoms with Crippen molar-refractivity contribution in [1.29, 1.82) is 0 Å². The zero-order valence-electron chi connectivity index (χ0n) is 10.9. The third kappa shape index (κ3) is 2.90. The minimum Gasteiger partial charge on any atom is -0.364 e. The maximum Gasteiger partial charge on any atom is 0.346 e. The van der Waals surface area contributed by atoms with E-state index in [4.69, 9.17) is 0 Å². The number of rotatable bonds is 5. The minimum atomic E-state index is -0.439. The quantitative estimate of drug-likeness (QED) is 0.692. The molecule has 8 nitrogen and oxygen atoms in total. The van der Waals surface area contributed by atoms with Crippen molar-refractivity contribution in [1.82, 2.24) is 24.3 Å². The van der Waals surface area contributed by atoms with E-state index in [1.54, 1.807) is 12.4 Å². The highest BCUT2D eigenvalue weighted by Crippen LogP contribution is 1.96. The molecule has 0 fully saturated rings. The van der Waals surface area contributed by atoms with Crippen molar-refractivity contribution in [2.75, 3.05) is 11.9 Å². The molecular weight excluding hydrogens is 248 g/mol. The molecule has 0 bridgehead atoms. The van der Waals surface area contributed by atoms with Crippen molar-refractivity contribution in [3.63, 3.8) is 0 Å². The van der Waals surface area contributed by atoms with Gasteiger partial charge in [0.05, 0.1) is 0 Å². The molecule has 0 unspecified atom stereocenters. The summed E-state index contributed by atoms with van der Waals surface area (Å²) in [4.78, 5) is 30.3. The molecule has 0 spiro atoms. The molecule has 0 radical (unpaired) electrons. The SMILES string of the molecule is Cn1nc(NCCCc2ncc[nH]2)c(=O)n(C)c1=O. The molecule has 0 aromatic carbocycles. The smallest absolute Gasteiger partial charge is 0.346 e. The van der Waals surface area contributed by atoms with Crippen LogP contribution in [-0.4, -0.2) is 30.9 Å². The van der Waals surface area contributed by atoms with Crippen molar-refractivity contribution < 1.29 is 0 Å². The number of imidazole rings is 1. The Kier molecular flexibility index (Phi) is 3.79. The highest BCUT2D eigenvalue weighted by atomic mass is 16.2. The van der Waals surface area contributed by atoms with Gasteiger partial charge in [-0.3, -0.25) is 9.36 Å². The molecule has 0 aliphatic carbocycles. The van der Waals surface area contributed by atoms with Crippen LogP contribution in [0.25, 0.3) is 0 Å². The van der Waals surface area contributed by atoms with E-state index < -0.39 is 11.2 Å². The number of anilines is 1. The zero-order valence-corrected chi connectivity index (χ0v) is 10.9. The van der Waals surface area contributed by atoms with Gasteiger partial charge in [-0.05, 0) is 6.42 Å². The Hall–Kier alpha value is -2.38. The number of hydrogen-bond acceptors (Lipinski definition) is 5. The van der Waals surface area contributed by atoms with Gasteiger partial charge in [0.2, 0.25) is 5.82 Å². The molecule has 2 aromatic heterocycles.